The highest BCUT2D eigenvalue weighted by Gasteiger charge is 2.41. The third-order valence-electron chi connectivity index (χ3n) is 4.93. The zero-order valence-electron chi connectivity index (χ0n) is 13.3. The zero-order chi connectivity index (χ0) is 15.9. The molecule has 2 heterocycles. The van der Waals surface area contributed by atoms with Gasteiger partial charge in [0.05, 0.1) is 4.90 Å². The van der Waals surface area contributed by atoms with Crippen LogP contribution in [0.2, 0.25) is 0 Å². The highest BCUT2D eigenvalue weighted by Crippen LogP contribution is 2.32. The Morgan fingerprint density at radius 1 is 0.875 bits per heavy atom. The summed E-state index contributed by atoms with van der Waals surface area (Å²) < 4.78 is 27.6. The minimum atomic E-state index is -3.41. The van der Waals surface area contributed by atoms with E-state index >= 15 is 0 Å². The van der Waals surface area contributed by atoms with E-state index in [0.717, 1.165) is 24.2 Å². The molecule has 2 aromatic rings. The number of benzene rings is 2. The molecule has 2 saturated heterocycles. The number of hydrogen-bond acceptors (Lipinski definition) is 3. The minimum Gasteiger partial charge on any atom is -0.316 e. The van der Waals surface area contributed by atoms with Gasteiger partial charge in [-0.3, -0.25) is 0 Å². The van der Waals surface area contributed by atoms with Crippen molar-refractivity contribution in [3.63, 3.8) is 0 Å². The lowest BCUT2D eigenvalue weighted by atomic mass is 10.0. The first kappa shape index (κ1) is 17.4. The van der Waals surface area contributed by atoms with Crippen molar-refractivity contribution in [2.24, 2.45) is 11.8 Å². The van der Waals surface area contributed by atoms with E-state index in [2.05, 4.69) is 5.32 Å². The van der Waals surface area contributed by atoms with Crippen molar-refractivity contribution in [2.45, 2.75) is 4.90 Å². The Kier molecular flexibility index (Phi) is 4.97. The first-order valence-electron chi connectivity index (χ1n) is 8.01. The molecule has 0 spiro atoms. The third kappa shape index (κ3) is 3.09. The highest BCUT2D eigenvalue weighted by molar-refractivity contribution is 7.89. The maximum atomic E-state index is 13.0. The smallest absolute Gasteiger partial charge is 0.243 e. The second-order valence-electron chi connectivity index (χ2n) is 6.39. The van der Waals surface area contributed by atoms with E-state index < -0.39 is 10.0 Å². The average Bonchev–Trinajstić information content (AvgIpc) is 3.18. The zero-order valence-corrected chi connectivity index (χ0v) is 14.9. The van der Waals surface area contributed by atoms with Gasteiger partial charge < -0.3 is 5.32 Å². The van der Waals surface area contributed by atoms with Crippen LogP contribution in [-0.2, 0) is 10.0 Å². The lowest BCUT2D eigenvalue weighted by molar-refractivity contribution is 0.448. The van der Waals surface area contributed by atoms with E-state index in [0.29, 0.717) is 29.8 Å². The van der Waals surface area contributed by atoms with Crippen LogP contribution in [-0.4, -0.2) is 38.9 Å². The average molecular weight is 365 g/mol. The molecule has 0 amide bonds. The maximum Gasteiger partial charge on any atom is 0.243 e. The van der Waals surface area contributed by atoms with Gasteiger partial charge >= 0.3 is 0 Å². The van der Waals surface area contributed by atoms with Crippen molar-refractivity contribution in [2.75, 3.05) is 26.2 Å². The molecule has 6 heteroatoms. The summed E-state index contributed by atoms with van der Waals surface area (Å²) in [5.41, 5.74) is 1.97. The fourth-order valence-electron chi connectivity index (χ4n) is 3.62. The Hall–Kier alpha value is -1.40. The second kappa shape index (κ2) is 6.84. The molecular weight excluding hydrogens is 344 g/mol. The summed E-state index contributed by atoms with van der Waals surface area (Å²) in [5, 5.41) is 3.35. The molecule has 4 nitrogen and oxygen atoms in total. The number of nitrogens with one attached hydrogen (secondary N) is 1. The summed E-state index contributed by atoms with van der Waals surface area (Å²) in [7, 11) is -3.41. The molecule has 128 valence electrons. The topological polar surface area (TPSA) is 49.4 Å². The number of halogens is 1. The lowest BCUT2D eigenvalue weighted by Gasteiger charge is -2.18. The quantitative estimate of drug-likeness (QED) is 0.910. The van der Waals surface area contributed by atoms with Gasteiger partial charge in [0.2, 0.25) is 10.0 Å². The van der Waals surface area contributed by atoms with Gasteiger partial charge in [-0.25, -0.2) is 8.42 Å². The fourth-order valence-corrected chi connectivity index (χ4v) is 5.22. The molecule has 2 atom stereocenters. The van der Waals surface area contributed by atoms with Crippen LogP contribution in [0.3, 0.4) is 0 Å². The van der Waals surface area contributed by atoms with Crippen LogP contribution in [0, 0.1) is 11.8 Å². The SMILES string of the molecule is Cl.O=S(=O)(c1cccc(-c2ccccc2)c1)N1C[C@H]2CNC[C@H]2C1. The van der Waals surface area contributed by atoms with Crippen molar-refractivity contribution in [3.05, 3.63) is 54.6 Å². The molecule has 2 aliphatic heterocycles. The Morgan fingerprint density at radius 2 is 1.50 bits per heavy atom. The summed E-state index contributed by atoms with van der Waals surface area (Å²) in [6.07, 6.45) is 0. The van der Waals surface area contributed by atoms with Gasteiger partial charge in [-0.15, -0.1) is 12.4 Å². The van der Waals surface area contributed by atoms with Gasteiger partial charge in [-0.2, -0.15) is 4.31 Å². The fraction of sp³-hybridized carbons (Fsp3) is 0.333. The van der Waals surface area contributed by atoms with Gasteiger partial charge in [0, 0.05) is 13.1 Å². The number of rotatable bonds is 3. The Balaban J connectivity index is 0.00000169. The van der Waals surface area contributed by atoms with Gasteiger partial charge in [0.15, 0.2) is 0 Å². The van der Waals surface area contributed by atoms with E-state index in [1.54, 1.807) is 16.4 Å². The van der Waals surface area contributed by atoms with Gasteiger partial charge in [0.1, 0.15) is 0 Å². The molecule has 0 radical (unpaired) electrons. The van der Waals surface area contributed by atoms with Crippen LogP contribution in [0.15, 0.2) is 59.5 Å². The molecule has 24 heavy (non-hydrogen) atoms. The largest absolute Gasteiger partial charge is 0.316 e. The van der Waals surface area contributed by atoms with E-state index in [4.69, 9.17) is 0 Å². The predicted octanol–water partition coefficient (Wildman–Crippen LogP) is 2.62. The Morgan fingerprint density at radius 3 is 2.17 bits per heavy atom. The standard InChI is InChI=1S/C18H20N2O2S.ClH/c21-23(22,20-12-16-10-19-11-17(16)13-20)18-8-4-7-15(9-18)14-5-2-1-3-6-14;/h1-9,16-17,19H,10-13H2;1H/t16-,17+;. The van der Waals surface area contributed by atoms with Crippen LogP contribution < -0.4 is 5.32 Å². The maximum absolute atomic E-state index is 13.0. The lowest BCUT2D eigenvalue weighted by Crippen LogP contribution is -2.31. The molecule has 0 aromatic heterocycles. The van der Waals surface area contributed by atoms with Crippen LogP contribution in [0.4, 0.5) is 0 Å². The Bertz CT molecular complexity index is 799. The van der Waals surface area contributed by atoms with E-state index in [9.17, 15) is 8.42 Å². The van der Waals surface area contributed by atoms with Crippen molar-refractivity contribution in [1.82, 2.24) is 9.62 Å². The summed E-state index contributed by atoms with van der Waals surface area (Å²) in [6.45, 7) is 3.13. The first-order chi connectivity index (χ1) is 11.1. The van der Waals surface area contributed by atoms with E-state index in [-0.39, 0.29) is 12.4 Å². The molecule has 0 saturated carbocycles. The molecule has 1 N–H and O–H groups in total. The molecule has 2 aromatic carbocycles. The second-order valence-corrected chi connectivity index (χ2v) is 8.33. The number of fused-ring (bicyclic) bond motifs is 1. The molecule has 0 bridgehead atoms. The van der Waals surface area contributed by atoms with Gasteiger partial charge in [-0.05, 0) is 48.2 Å². The molecule has 2 fully saturated rings. The summed E-state index contributed by atoms with van der Waals surface area (Å²) in [6, 6.07) is 17.2. The van der Waals surface area contributed by atoms with Gasteiger partial charge in [-0.1, -0.05) is 42.5 Å². The minimum absolute atomic E-state index is 0. The van der Waals surface area contributed by atoms with Crippen LogP contribution >= 0.6 is 12.4 Å². The van der Waals surface area contributed by atoms with Crippen LogP contribution in [0.5, 0.6) is 0 Å². The highest BCUT2D eigenvalue weighted by atomic mass is 35.5. The molecule has 4 rings (SSSR count). The molecule has 0 unspecified atom stereocenters. The number of nitrogens with zero attached hydrogens (tertiary/aromatic N) is 1. The summed E-state index contributed by atoms with van der Waals surface area (Å²) >= 11 is 0. The van der Waals surface area contributed by atoms with Crippen molar-refractivity contribution >= 4 is 22.4 Å². The van der Waals surface area contributed by atoms with Crippen molar-refractivity contribution in [1.29, 1.82) is 0 Å². The molecule has 2 aliphatic rings. The Labute approximate surface area is 149 Å². The molecule has 0 aliphatic carbocycles. The summed E-state index contributed by atoms with van der Waals surface area (Å²) in [4.78, 5) is 0.395. The first-order valence-corrected chi connectivity index (χ1v) is 9.45. The number of hydrogen-bond donors (Lipinski definition) is 1. The van der Waals surface area contributed by atoms with Crippen molar-refractivity contribution in [3.8, 4) is 11.1 Å². The van der Waals surface area contributed by atoms with Gasteiger partial charge in [0.25, 0.3) is 0 Å². The third-order valence-corrected chi connectivity index (χ3v) is 6.76. The van der Waals surface area contributed by atoms with E-state index in [1.807, 2.05) is 42.5 Å². The van der Waals surface area contributed by atoms with Crippen LogP contribution in [0.1, 0.15) is 0 Å². The van der Waals surface area contributed by atoms with Crippen molar-refractivity contribution < 1.29 is 8.42 Å². The monoisotopic (exact) mass is 364 g/mol. The van der Waals surface area contributed by atoms with E-state index in [1.165, 1.54) is 0 Å². The predicted molar refractivity (Wildman–Crippen MR) is 97.7 cm³/mol. The van der Waals surface area contributed by atoms with Crippen LogP contribution in [0.25, 0.3) is 11.1 Å². The summed E-state index contributed by atoms with van der Waals surface area (Å²) in [5.74, 6) is 0.921. The normalized spacial score (nSPS) is 23.7. The molecular formula is C18H21ClN2O2S. The number of sulfonamides is 1.